The number of ether oxygens (including phenoxy) is 1. The fraction of sp³-hybridized carbons (Fsp3) is 0.231. The minimum atomic E-state index is -0.281. The fourth-order valence-electron chi connectivity index (χ4n) is 1.62. The van der Waals surface area contributed by atoms with Crippen LogP contribution in [-0.2, 0) is 22.7 Å². The number of rotatable bonds is 4. The third-order valence-electron chi connectivity index (χ3n) is 2.46. The first-order valence-corrected chi connectivity index (χ1v) is 6.60. The lowest BCUT2D eigenvalue weighted by Gasteiger charge is -2.08. The number of nitrogens with zero attached hydrogens (tertiary/aromatic N) is 2. The van der Waals surface area contributed by atoms with Gasteiger partial charge in [0.2, 0.25) is 0 Å². The molecule has 0 bridgehead atoms. The van der Waals surface area contributed by atoms with Crippen LogP contribution in [0.3, 0.4) is 0 Å². The summed E-state index contributed by atoms with van der Waals surface area (Å²) in [4.78, 5) is 14.9. The van der Waals surface area contributed by atoms with Crippen LogP contribution < -0.4 is 0 Å². The predicted octanol–water partition coefficient (Wildman–Crippen LogP) is 2.60. The Morgan fingerprint density at radius 2 is 2.33 bits per heavy atom. The van der Waals surface area contributed by atoms with Crippen LogP contribution in [0, 0.1) is 3.57 Å². The summed E-state index contributed by atoms with van der Waals surface area (Å²) in [5.41, 5.74) is 2.09. The molecule has 0 radical (unpaired) electrons. The van der Waals surface area contributed by atoms with Crippen molar-refractivity contribution < 1.29 is 9.53 Å². The Balaban J connectivity index is 2.10. The predicted molar refractivity (Wildman–Crippen MR) is 76.0 cm³/mol. The third kappa shape index (κ3) is 3.56. The number of hydrogen-bond donors (Lipinski definition) is 0. The molecule has 0 aliphatic carbocycles. The van der Waals surface area contributed by atoms with Crippen LogP contribution in [0.15, 0.2) is 36.8 Å². The Hall–Kier alpha value is -1.37. The van der Waals surface area contributed by atoms with Gasteiger partial charge in [0.05, 0.1) is 18.2 Å². The number of carbonyl (C=O) groups excluding carboxylic acids is 1. The van der Waals surface area contributed by atoms with Gasteiger partial charge in [-0.2, -0.15) is 0 Å². The smallest absolute Gasteiger partial charge is 0.303 e. The SMILES string of the molecule is CC(=O)OCc1cncn1Cc1cccc(I)c1. The van der Waals surface area contributed by atoms with Crippen LogP contribution in [0.1, 0.15) is 18.2 Å². The second-order valence-electron chi connectivity index (χ2n) is 3.92. The van der Waals surface area contributed by atoms with Gasteiger partial charge < -0.3 is 9.30 Å². The second kappa shape index (κ2) is 5.99. The van der Waals surface area contributed by atoms with E-state index < -0.39 is 0 Å². The van der Waals surface area contributed by atoms with E-state index in [0.717, 1.165) is 12.2 Å². The molecule has 18 heavy (non-hydrogen) atoms. The van der Waals surface area contributed by atoms with Crippen molar-refractivity contribution in [2.45, 2.75) is 20.1 Å². The zero-order valence-electron chi connectivity index (χ0n) is 9.97. The summed E-state index contributed by atoms with van der Waals surface area (Å²) in [6, 6.07) is 8.27. The van der Waals surface area contributed by atoms with E-state index in [0.29, 0.717) is 0 Å². The average Bonchev–Trinajstić information content (AvgIpc) is 2.74. The number of hydrogen-bond acceptors (Lipinski definition) is 3. The van der Waals surface area contributed by atoms with E-state index in [-0.39, 0.29) is 12.6 Å². The van der Waals surface area contributed by atoms with Gasteiger partial charge in [-0.15, -0.1) is 0 Å². The number of halogens is 1. The van der Waals surface area contributed by atoms with E-state index in [4.69, 9.17) is 4.74 Å². The molecule has 2 rings (SSSR count). The molecule has 1 heterocycles. The Labute approximate surface area is 119 Å². The van der Waals surface area contributed by atoms with Crippen LogP contribution in [0.25, 0.3) is 0 Å². The molecule has 0 aliphatic rings. The van der Waals surface area contributed by atoms with Crippen molar-refractivity contribution in [1.29, 1.82) is 0 Å². The molecule has 0 fully saturated rings. The summed E-state index contributed by atoms with van der Waals surface area (Å²) >= 11 is 2.29. The summed E-state index contributed by atoms with van der Waals surface area (Å²) in [5.74, 6) is -0.281. The van der Waals surface area contributed by atoms with Gasteiger partial charge >= 0.3 is 5.97 Å². The standard InChI is InChI=1S/C13H13IN2O2/c1-10(17)18-8-13-6-15-9-16(13)7-11-3-2-4-12(14)5-11/h2-6,9H,7-8H2,1H3. The molecule has 94 valence electrons. The molecule has 5 heteroatoms. The maximum absolute atomic E-state index is 10.8. The highest BCUT2D eigenvalue weighted by molar-refractivity contribution is 14.1. The lowest BCUT2D eigenvalue weighted by atomic mass is 10.2. The van der Waals surface area contributed by atoms with Gasteiger partial charge in [-0.25, -0.2) is 4.98 Å². The molecule has 0 atom stereocenters. The molecule has 2 aromatic rings. The molecule has 0 saturated heterocycles. The lowest BCUT2D eigenvalue weighted by Crippen LogP contribution is -2.07. The van der Waals surface area contributed by atoms with Gasteiger partial charge in [-0.3, -0.25) is 4.79 Å². The first kappa shape index (κ1) is 13.1. The van der Waals surface area contributed by atoms with Crippen LogP contribution in [-0.4, -0.2) is 15.5 Å². The van der Waals surface area contributed by atoms with Gasteiger partial charge in [0, 0.05) is 17.0 Å². The van der Waals surface area contributed by atoms with Crippen molar-refractivity contribution >= 4 is 28.6 Å². The summed E-state index contributed by atoms with van der Waals surface area (Å²) in [6.45, 7) is 2.40. The monoisotopic (exact) mass is 356 g/mol. The van der Waals surface area contributed by atoms with Crippen molar-refractivity contribution in [2.75, 3.05) is 0 Å². The van der Waals surface area contributed by atoms with Gasteiger partial charge in [0.25, 0.3) is 0 Å². The minimum Gasteiger partial charge on any atom is -0.459 e. The lowest BCUT2D eigenvalue weighted by molar-refractivity contribution is -0.142. The molecule has 0 unspecified atom stereocenters. The van der Waals surface area contributed by atoms with Gasteiger partial charge in [0.1, 0.15) is 6.61 Å². The number of benzene rings is 1. The maximum atomic E-state index is 10.8. The molecule has 0 amide bonds. The number of aromatic nitrogens is 2. The van der Waals surface area contributed by atoms with Gasteiger partial charge in [0.15, 0.2) is 0 Å². The highest BCUT2D eigenvalue weighted by atomic mass is 127. The number of imidazole rings is 1. The summed E-state index contributed by atoms with van der Waals surface area (Å²) in [7, 11) is 0. The van der Waals surface area contributed by atoms with E-state index >= 15 is 0 Å². The largest absolute Gasteiger partial charge is 0.459 e. The summed E-state index contributed by atoms with van der Waals surface area (Å²) in [5, 5.41) is 0. The van der Waals surface area contributed by atoms with Crippen molar-refractivity contribution in [3.63, 3.8) is 0 Å². The van der Waals surface area contributed by atoms with Crippen molar-refractivity contribution in [1.82, 2.24) is 9.55 Å². The Morgan fingerprint density at radius 1 is 1.50 bits per heavy atom. The van der Waals surface area contributed by atoms with E-state index in [9.17, 15) is 4.79 Å². The van der Waals surface area contributed by atoms with E-state index in [1.165, 1.54) is 16.1 Å². The van der Waals surface area contributed by atoms with E-state index in [1.807, 2.05) is 10.6 Å². The molecule has 0 spiro atoms. The molecule has 0 saturated carbocycles. The topological polar surface area (TPSA) is 44.1 Å². The zero-order chi connectivity index (χ0) is 13.0. The van der Waals surface area contributed by atoms with Crippen LogP contribution in [0.5, 0.6) is 0 Å². The van der Waals surface area contributed by atoms with Crippen molar-refractivity contribution in [3.05, 3.63) is 51.6 Å². The van der Waals surface area contributed by atoms with Crippen molar-refractivity contribution in [2.24, 2.45) is 0 Å². The molecule has 0 N–H and O–H groups in total. The highest BCUT2D eigenvalue weighted by Crippen LogP contribution is 2.11. The summed E-state index contributed by atoms with van der Waals surface area (Å²) in [6.07, 6.45) is 3.47. The van der Waals surface area contributed by atoms with Crippen LogP contribution >= 0.6 is 22.6 Å². The summed E-state index contributed by atoms with van der Waals surface area (Å²) < 4.78 is 8.17. The van der Waals surface area contributed by atoms with Crippen LogP contribution in [0.2, 0.25) is 0 Å². The quantitative estimate of drug-likeness (QED) is 0.625. The number of carbonyl (C=O) groups is 1. The van der Waals surface area contributed by atoms with Gasteiger partial charge in [-0.05, 0) is 40.3 Å². The molecular weight excluding hydrogens is 343 g/mol. The normalized spacial score (nSPS) is 10.3. The first-order valence-electron chi connectivity index (χ1n) is 5.52. The Kier molecular flexibility index (Phi) is 4.35. The zero-order valence-corrected chi connectivity index (χ0v) is 12.1. The maximum Gasteiger partial charge on any atom is 0.303 e. The molecule has 4 nitrogen and oxygen atoms in total. The molecular formula is C13H13IN2O2. The van der Waals surface area contributed by atoms with E-state index in [1.54, 1.807) is 12.5 Å². The minimum absolute atomic E-state index is 0.263. The van der Waals surface area contributed by atoms with Crippen LogP contribution in [0.4, 0.5) is 0 Å². The Morgan fingerprint density at radius 3 is 3.06 bits per heavy atom. The number of esters is 1. The Bertz CT molecular complexity index is 551. The highest BCUT2D eigenvalue weighted by Gasteiger charge is 2.05. The van der Waals surface area contributed by atoms with Crippen molar-refractivity contribution in [3.8, 4) is 0 Å². The molecule has 0 aliphatic heterocycles. The molecule has 1 aromatic carbocycles. The average molecular weight is 356 g/mol. The van der Waals surface area contributed by atoms with E-state index in [2.05, 4.69) is 45.8 Å². The first-order chi connectivity index (χ1) is 8.65. The second-order valence-corrected chi connectivity index (χ2v) is 5.17. The fourth-order valence-corrected chi connectivity index (χ4v) is 2.23. The third-order valence-corrected chi connectivity index (χ3v) is 3.13. The van der Waals surface area contributed by atoms with Gasteiger partial charge in [-0.1, -0.05) is 12.1 Å². The molecule has 1 aromatic heterocycles.